The zero-order valence-electron chi connectivity index (χ0n) is 10.8. The summed E-state index contributed by atoms with van der Waals surface area (Å²) in [6.45, 7) is 2.15. The van der Waals surface area contributed by atoms with Crippen LogP contribution in [0.3, 0.4) is 0 Å². The summed E-state index contributed by atoms with van der Waals surface area (Å²) in [6.07, 6.45) is 3.17. The molecule has 0 amide bonds. The van der Waals surface area contributed by atoms with E-state index in [1.165, 1.54) is 11.3 Å². The van der Waals surface area contributed by atoms with E-state index in [2.05, 4.69) is 57.4 Å². The van der Waals surface area contributed by atoms with Gasteiger partial charge < -0.3 is 9.73 Å². The van der Waals surface area contributed by atoms with E-state index in [4.69, 9.17) is 4.42 Å². The smallest absolute Gasteiger partial charge is 0.181 e. The number of nitrogens with one attached hydrogen (secondary N) is 1. The molecule has 5 heteroatoms. The number of hydrogen-bond acceptors (Lipinski definition) is 4. The van der Waals surface area contributed by atoms with Gasteiger partial charge in [-0.15, -0.1) is 11.3 Å². The highest BCUT2D eigenvalue weighted by atomic mass is 79.9. The molecule has 0 radical (unpaired) electrons. The Hall–Kier alpha value is -1.59. The molecule has 0 bridgehead atoms. The van der Waals surface area contributed by atoms with Gasteiger partial charge in [0.15, 0.2) is 12.2 Å². The number of anilines is 1. The van der Waals surface area contributed by atoms with Crippen LogP contribution in [-0.2, 0) is 0 Å². The van der Waals surface area contributed by atoms with Gasteiger partial charge in [-0.25, -0.2) is 4.98 Å². The lowest BCUT2D eigenvalue weighted by molar-refractivity contribution is 0.572. The van der Waals surface area contributed by atoms with Gasteiger partial charge in [0.2, 0.25) is 0 Å². The molecule has 0 spiro atoms. The molecule has 102 valence electrons. The van der Waals surface area contributed by atoms with E-state index in [9.17, 15) is 0 Å². The molecular formula is C15H13BrN2OS. The van der Waals surface area contributed by atoms with Crippen LogP contribution in [0, 0.1) is 0 Å². The number of halogens is 1. The second-order valence-corrected chi connectivity index (χ2v) is 6.95. The van der Waals surface area contributed by atoms with Gasteiger partial charge in [-0.3, -0.25) is 0 Å². The van der Waals surface area contributed by atoms with Gasteiger partial charge in [-0.2, -0.15) is 0 Å². The maximum atomic E-state index is 5.32. The molecule has 20 heavy (non-hydrogen) atoms. The van der Waals surface area contributed by atoms with Crippen LogP contribution in [0.25, 0.3) is 11.3 Å². The molecule has 1 unspecified atom stereocenters. The van der Waals surface area contributed by atoms with Crippen molar-refractivity contribution in [2.75, 3.05) is 5.32 Å². The Labute approximate surface area is 129 Å². The second-order valence-electron chi connectivity index (χ2n) is 4.45. The molecule has 3 aromatic rings. The molecule has 2 heterocycles. The van der Waals surface area contributed by atoms with Crippen LogP contribution < -0.4 is 5.32 Å². The monoisotopic (exact) mass is 348 g/mol. The lowest BCUT2D eigenvalue weighted by atomic mass is 10.1. The van der Waals surface area contributed by atoms with Crippen molar-refractivity contribution in [3.05, 3.63) is 57.7 Å². The number of oxazole rings is 1. The Balaban J connectivity index is 1.79. The summed E-state index contributed by atoms with van der Waals surface area (Å²) in [5, 5.41) is 3.50. The fourth-order valence-corrected chi connectivity index (χ4v) is 3.43. The van der Waals surface area contributed by atoms with Crippen LogP contribution in [0.5, 0.6) is 0 Å². The molecule has 1 atom stereocenters. The zero-order valence-corrected chi connectivity index (χ0v) is 13.2. The van der Waals surface area contributed by atoms with E-state index in [1.54, 1.807) is 17.5 Å². The van der Waals surface area contributed by atoms with E-state index < -0.39 is 0 Å². The fraction of sp³-hybridized carbons (Fsp3) is 0.133. The fourth-order valence-electron chi connectivity index (χ4n) is 2.00. The van der Waals surface area contributed by atoms with Crippen molar-refractivity contribution in [3.63, 3.8) is 0 Å². The third-order valence-corrected chi connectivity index (χ3v) is 4.79. The normalized spacial score (nSPS) is 12.3. The number of hydrogen-bond donors (Lipinski definition) is 1. The van der Waals surface area contributed by atoms with Crippen molar-refractivity contribution in [2.24, 2.45) is 0 Å². The van der Waals surface area contributed by atoms with Crippen molar-refractivity contribution >= 4 is 33.0 Å². The molecule has 0 saturated heterocycles. The van der Waals surface area contributed by atoms with Gasteiger partial charge in [0.1, 0.15) is 0 Å². The molecule has 3 rings (SSSR count). The summed E-state index contributed by atoms with van der Waals surface area (Å²) >= 11 is 5.24. The maximum absolute atomic E-state index is 5.32. The van der Waals surface area contributed by atoms with Crippen molar-refractivity contribution in [2.45, 2.75) is 13.0 Å². The lowest BCUT2D eigenvalue weighted by Gasteiger charge is -2.14. The van der Waals surface area contributed by atoms with Gasteiger partial charge in [0.25, 0.3) is 0 Å². The Kier molecular flexibility index (Phi) is 3.89. The van der Waals surface area contributed by atoms with E-state index >= 15 is 0 Å². The summed E-state index contributed by atoms with van der Waals surface area (Å²) in [7, 11) is 0. The van der Waals surface area contributed by atoms with Crippen LogP contribution in [-0.4, -0.2) is 4.98 Å². The molecule has 1 N–H and O–H groups in total. The average molecular weight is 349 g/mol. The van der Waals surface area contributed by atoms with Crippen LogP contribution >= 0.6 is 27.3 Å². The van der Waals surface area contributed by atoms with Gasteiger partial charge in [0.05, 0.1) is 16.0 Å². The first kappa shape index (κ1) is 13.4. The van der Waals surface area contributed by atoms with Crippen molar-refractivity contribution < 1.29 is 4.42 Å². The molecule has 0 saturated carbocycles. The Morgan fingerprint density at radius 2 is 2.20 bits per heavy atom. The number of thiophene rings is 1. The molecule has 1 aromatic carbocycles. The highest BCUT2D eigenvalue weighted by molar-refractivity contribution is 9.11. The first-order chi connectivity index (χ1) is 9.72. The minimum absolute atomic E-state index is 0.260. The van der Waals surface area contributed by atoms with E-state index in [0.29, 0.717) is 0 Å². The van der Waals surface area contributed by atoms with Crippen LogP contribution in [0.4, 0.5) is 5.69 Å². The minimum Gasteiger partial charge on any atom is -0.444 e. The van der Waals surface area contributed by atoms with Crippen molar-refractivity contribution in [1.82, 2.24) is 4.98 Å². The quantitative estimate of drug-likeness (QED) is 0.691. The number of aromatic nitrogens is 1. The Bertz CT molecular complexity index is 693. The van der Waals surface area contributed by atoms with Gasteiger partial charge >= 0.3 is 0 Å². The van der Waals surface area contributed by atoms with E-state index in [-0.39, 0.29) is 6.04 Å². The molecule has 0 aliphatic carbocycles. The molecule has 0 aliphatic rings. The molecule has 3 nitrogen and oxygen atoms in total. The summed E-state index contributed by atoms with van der Waals surface area (Å²) in [5.74, 6) is 0.778. The van der Waals surface area contributed by atoms with Crippen molar-refractivity contribution in [3.8, 4) is 11.3 Å². The Morgan fingerprint density at radius 1 is 1.30 bits per heavy atom. The third-order valence-electron chi connectivity index (χ3n) is 2.98. The summed E-state index contributed by atoms with van der Waals surface area (Å²) in [4.78, 5) is 5.24. The second kappa shape index (κ2) is 5.81. The SMILES string of the molecule is CC(Nc1cccc(-c2cnco2)c1)c1ccc(Br)s1. The lowest BCUT2D eigenvalue weighted by Crippen LogP contribution is -2.04. The van der Waals surface area contributed by atoms with Gasteiger partial charge in [-0.1, -0.05) is 12.1 Å². The largest absolute Gasteiger partial charge is 0.444 e. The van der Waals surface area contributed by atoms with Gasteiger partial charge in [0, 0.05) is 16.1 Å². The predicted molar refractivity (Wildman–Crippen MR) is 86.0 cm³/mol. The molecule has 2 aromatic heterocycles. The summed E-state index contributed by atoms with van der Waals surface area (Å²) in [5.41, 5.74) is 2.09. The van der Waals surface area contributed by atoms with Gasteiger partial charge in [-0.05, 0) is 47.1 Å². The van der Waals surface area contributed by atoms with Crippen LogP contribution in [0.2, 0.25) is 0 Å². The summed E-state index contributed by atoms with van der Waals surface area (Å²) in [6, 6.07) is 12.6. The standard InChI is InChI=1S/C15H13BrN2OS/c1-10(14-5-6-15(16)20-14)18-12-4-2-3-11(7-12)13-8-17-9-19-13/h2-10,18H,1H3. The highest BCUT2D eigenvalue weighted by Crippen LogP contribution is 2.30. The van der Waals surface area contributed by atoms with Crippen LogP contribution in [0.15, 0.2) is 57.2 Å². The topological polar surface area (TPSA) is 38.1 Å². The maximum Gasteiger partial charge on any atom is 0.181 e. The third kappa shape index (κ3) is 2.94. The van der Waals surface area contributed by atoms with E-state index in [0.717, 1.165) is 20.8 Å². The minimum atomic E-state index is 0.260. The predicted octanol–water partition coefficient (Wildman–Crippen LogP) is 5.34. The number of benzene rings is 1. The molecular weight excluding hydrogens is 336 g/mol. The van der Waals surface area contributed by atoms with E-state index in [1.807, 2.05) is 12.1 Å². The molecule has 0 aliphatic heterocycles. The summed E-state index contributed by atoms with van der Waals surface area (Å²) < 4.78 is 6.47. The zero-order chi connectivity index (χ0) is 13.9. The first-order valence-electron chi connectivity index (χ1n) is 6.23. The van der Waals surface area contributed by atoms with Crippen molar-refractivity contribution in [1.29, 1.82) is 0 Å². The first-order valence-corrected chi connectivity index (χ1v) is 7.84. The average Bonchev–Trinajstić information content (AvgIpc) is 3.10. The number of nitrogens with zero attached hydrogens (tertiary/aromatic N) is 1. The Morgan fingerprint density at radius 3 is 2.90 bits per heavy atom. The number of rotatable bonds is 4. The highest BCUT2D eigenvalue weighted by Gasteiger charge is 2.09. The van der Waals surface area contributed by atoms with Crippen LogP contribution in [0.1, 0.15) is 17.8 Å². The molecule has 0 fully saturated rings.